The van der Waals surface area contributed by atoms with Crippen LogP contribution in [0, 0.1) is 5.92 Å². The molecule has 2 nitrogen and oxygen atoms in total. The lowest BCUT2D eigenvalue weighted by atomic mass is 9.92. The molecule has 0 aliphatic heterocycles. The first kappa shape index (κ1) is 13.9. The number of rotatable bonds is 8. The molecule has 0 aromatic heterocycles. The summed E-state index contributed by atoms with van der Waals surface area (Å²) in [5, 5.41) is 9.79. The van der Waals surface area contributed by atoms with Gasteiger partial charge in [0.1, 0.15) is 0 Å². The number of hydrogen-bond acceptors (Lipinski definition) is 2. The maximum atomic E-state index is 9.79. The van der Waals surface area contributed by atoms with Gasteiger partial charge in [-0.3, -0.25) is 0 Å². The molecular weight excluding hydrogens is 174 g/mol. The summed E-state index contributed by atoms with van der Waals surface area (Å²) in [6, 6.07) is -0.0402. The Morgan fingerprint density at radius 3 is 2.29 bits per heavy atom. The molecule has 0 radical (unpaired) electrons. The van der Waals surface area contributed by atoms with Crippen LogP contribution in [0.2, 0.25) is 0 Å². The van der Waals surface area contributed by atoms with Gasteiger partial charge in [0, 0.05) is 6.04 Å². The SMILES string of the molecule is CCCCCC[C@H](O)[C@@H](N)C(C)CC. The highest BCUT2D eigenvalue weighted by Gasteiger charge is 2.19. The Bertz CT molecular complexity index is 127. The molecule has 0 heterocycles. The molecule has 3 atom stereocenters. The van der Waals surface area contributed by atoms with Crippen molar-refractivity contribution in [1.82, 2.24) is 0 Å². The van der Waals surface area contributed by atoms with Crippen molar-refractivity contribution in [1.29, 1.82) is 0 Å². The molecule has 0 aromatic carbocycles. The Hall–Kier alpha value is -0.0800. The highest BCUT2D eigenvalue weighted by molar-refractivity contribution is 4.76. The highest BCUT2D eigenvalue weighted by Crippen LogP contribution is 2.14. The van der Waals surface area contributed by atoms with E-state index >= 15 is 0 Å². The Morgan fingerprint density at radius 2 is 1.79 bits per heavy atom. The van der Waals surface area contributed by atoms with E-state index in [-0.39, 0.29) is 12.1 Å². The van der Waals surface area contributed by atoms with Gasteiger partial charge in [0.15, 0.2) is 0 Å². The maximum absolute atomic E-state index is 9.79. The van der Waals surface area contributed by atoms with E-state index in [1.807, 2.05) is 0 Å². The van der Waals surface area contributed by atoms with Crippen LogP contribution in [0.3, 0.4) is 0 Å². The summed E-state index contributed by atoms with van der Waals surface area (Å²) in [5.41, 5.74) is 5.94. The minimum absolute atomic E-state index is 0.0402. The molecule has 0 rings (SSSR count). The largest absolute Gasteiger partial charge is 0.392 e. The summed E-state index contributed by atoms with van der Waals surface area (Å²) < 4.78 is 0. The van der Waals surface area contributed by atoms with Crippen molar-refractivity contribution in [3.05, 3.63) is 0 Å². The van der Waals surface area contributed by atoms with Gasteiger partial charge in [-0.05, 0) is 12.3 Å². The second-order valence-electron chi connectivity index (χ2n) is 4.38. The quantitative estimate of drug-likeness (QED) is 0.593. The summed E-state index contributed by atoms with van der Waals surface area (Å²) in [4.78, 5) is 0. The monoisotopic (exact) mass is 201 g/mol. The zero-order valence-corrected chi connectivity index (χ0v) is 10.00. The number of unbranched alkanes of at least 4 members (excludes halogenated alkanes) is 3. The predicted molar refractivity (Wildman–Crippen MR) is 62.2 cm³/mol. The van der Waals surface area contributed by atoms with Gasteiger partial charge in [0.25, 0.3) is 0 Å². The molecule has 3 N–H and O–H groups in total. The molecule has 0 saturated heterocycles. The van der Waals surface area contributed by atoms with E-state index in [4.69, 9.17) is 5.73 Å². The lowest BCUT2D eigenvalue weighted by molar-refractivity contribution is 0.108. The smallest absolute Gasteiger partial charge is 0.0693 e. The van der Waals surface area contributed by atoms with Crippen LogP contribution in [0.1, 0.15) is 59.3 Å². The molecule has 0 amide bonds. The minimum atomic E-state index is -0.304. The van der Waals surface area contributed by atoms with Crippen molar-refractivity contribution in [2.45, 2.75) is 71.4 Å². The molecule has 0 aliphatic rings. The summed E-state index contributed by atoms with van der Waals surface area (Å²) in [6.07, 6.45) is 6.46. The van der Waals surface area contributed by atoms with Crippen molar-refractivity contribution in [2.24, 2.45) is 11.7 Å². The summed E-state index contributed by atoms with van der Waals surface area (Å²) in [7, 11) is 0. The summed E-state index contributed by atoms with van der Waals surface area (Å²) in [5.74, 6) is 0.427. The van der Waals surface area contributed by atoms with Crippen LogP contribution < -0.4 is 5.73 Å². The maximum Gasteiger partial charge on any atom is 0.0693 e. The third-order valence-electron chi connectivity index (χ3n) is 3.10. The first-order valence-electron chi connectivity index (χ1n) is 6.07. The Morgan fingerprint density at radius 1 is 1.14 bits per heavy atom. The van der Waals surface area contributed by atoms with Crippen molar-refractivity contribution < 1.29 is 5.11 Å². The molecular formula is C12H27NO. The minimum Gasteiger partial charge on any atom is -0.392 e. The third-order valence-corrected chi connectivity index (χ3v) is 3.10. The van der Waals surface area contributed by atoms with Crippen LogP contribution in [0.25, 0.3) is 0 Å². The molecule has 0 fully saturated rings. The normalized spacial score (nSPS) is 17.8. The first-order chi connectivity index (χ1) is 6.63. The van der Waals surface area contributed by atoms with Gasteiger partial charge < -0.3 is 10.8 Å². The molecule has 14 heavy (non-hydrogen) atoms. The molecule has 0 aliphatic carbocycles. The van der Waals surface area contributed by atoms with Gasteiger partial charge in [0.05, 0.1) is 6.10 Å². The molecule has 0 saturated carbocycles. The average Bonchev–Trinajstić information content (AvgIpc) is 2.21. The fourth-order valence-corrected chi connectivity index (χ4v) is 1.62. The van der Waals surface area contributed by atoms with Gasteiger partial charge in [-0.1, -0.05) is 52.9 Å². The van der Waals surface area contributed by atoms with Crippen molar-refractivity contribution in [3.63, 3.8) is 0 Å². The number of aliphatic hydroxyl groups excluding tert-OH is 1. The standard InChI is InChI=1S/C12H27NO/c1-4-6-7-8-9-11(14)12(13)10(3)5-2/h10-12,14H,4-9,13H2,1-3H3/t10?,11-,12-/m0/s1. The van der Waals surface area contributed by atoms with Crippen molar-refractivity contribution in [3.8, 4) is 0 Å². The van der Waals surface area contributed by atoms with Crippen LogP contribution in [0.4, 0.5) is 0 Å². The fourth-order valence-electron chi connectivity index (χ4n) is 1.62. The second kappa shape index (κ2) is 8.25. The first-order valence-corrected chi connectivity index (χ1v) is 6.07. The molecule has 86 valence electrons. The van der Waals surface area contributed by atoms with E-state index in [2.05, 4.69) is 20.8 Å². The topological polar surface area (TPSA) is 46.2 Å². The molecule has 0 aromatic rings. The van der Waals surface area contributed by atoms with E-state index in [0.29, 0.717) is 5.92 Å². The van der Waals surface area contributed by atoms with Crippen LogP contribution in [0.15, 0.2) is 0 Å². The van der Waals surface area contributed by atoms with Crippen LogP contribution in [-0.2, 0) is 0 Å². The fraction of sp³-hybridized carbons (Fsp3) is 1.00. The van der Waals surface area contributed by atoms with Crippen molar-refractivity contribution >= 4 is 0 Å². The molecule has 0 bridgehead atoms. The van der Waals surface area contributed by atoms with Gasteiger partial charge in [-0.15, -0.1) is 0 Å². The Balaban J connectivity index is 3.56. The van der Waals surface area contributed by atoms with Gasteiger partial charge in [-0.25, -0.2) is 0 Å². The van der Waals surface area contributed by atoms with E-state index in [1.165, 1.54) is 19.3 Å². The van der Waals surface area contributed by atoms with Crippen molar-refractivity contribution in [2.75, 3.05) is 0 Å². The van der Waals surface area contributed by atoms with Crippen LogP contribution >= 0.6 is 0 Å². The lowest BCUT2D eigenvalue weighted by Gasteiger charge is -2.23. The number of aliphatic hydroxyl groups is 1. The lowest BCUT2D eigenvalue weighted by Crippen LogP contribution is -2.39. The number of nitrogens with two attached hydrogens (primary N) is 1. The van der Waals surface area contributed by atoms with E-state index in [0.717, 1.165) is 19.3 Å². The Kier molecular flexibility index (Phi) is 8.20. The van der Waals surface area contributed by atoms with Gasteiger partial charge >= 0.3 is 0 Å². The summed E-state index contributed by atoms with van der Waals surface area (Å²) >= 11 is 0. The second-order valence-corrected chi connectivity index (χ2v) is 4.38. The van der Waals surface area contributed by atoms with E-state index < -0.39 is 0 Å². The van der Waals surface area contributed by atoms with E-state index in [1.54, 1.807) is 0 Å². The van der Waals surface area contributed by atoms with Crippen LogP contribution in [0.5, 0.6) is 0 Å². The highest BCUT2D eigenvalue weighted by atomic mass is 16.3. The average molecular weight is 201 g/mol. The molecule has 1 unspecified atom stereocenters. The van der Waals surface area contributed by atoms with Gasteiger partial charge in [-0.2, -0.15) is 0 Å². The predicted octanol–water partition coefficient (Wildman–Crippen LogP) is 2.69. The molecule has 0 spiro atoms. The van der Waals surface area contributed by atoms with Crippen LogP contribution in [-0.4, -0.2) is 17.3 Å². The number of hydrogen-bond donors (Lipinski definition) is 2. The molecule has 2 heteroatoms. The Labute approximate surface area is 88.9 Å². The zero-order valence-electron chi connectivity index (χ0n) is 10.00. The van der Waals surface area contributed by atoms with Gasteiger partial charge in [0.2, 0.25) is 0 Å². The third kappa shape index (κ3) is 5.61. The summed E-state index contributed by atoms with van der Waals surface area (Å²) in [6.45, 7) is 6.43. The van der Waals surface area contributed by atoms with E-state index in [9.17, 15) is 5.11 Å². The zero-order chi connectivity index (χ0) is 11.0.